The van der Waals surface area contributed by atoms with Crippen molar-refractivity contribution in [2.75, 3.05) is 26.2 Å². The Kier molecular flexibility index (Phi) is 6.11. The van der Waals surface area contributed by atoms with Crippen LogP contribution in [0, 0.1) is 0 Å². The third-order valence-electron chi connectivity index (χ3n) is 5.60. The molecule has 1 atom stereocenters. The lowest BCUT2D eigenvalue weighted by Gasteiger charge is -2.37. The Balaban J connectivity index is 1.54. The average molecular weight is 372 g/mol. The van der Waals surface area contributed by atoms with Gasteiger partial charge in [0.1, 0.15) is 0 Å². The number of nitrogens with zero attached hydrogens (tertiary/aromatic N) is 2. The standard InChI is InChI=1S/C20H28N4O3/c1-2-18(25)22-14-7-10-24(13-14)15-8-11-23(12-9-15)20(27)17-6-4-3-5-16(17)19(21)26/h3-6,14-15H,2,7-13H2,1H3,(H2,21,26)(H,22,25)/t14-/m1/s1. The number of nitrogens with one attached hydrogen (secondary N) is 1. The smallest absolute Gasteiger partial charge is 0.254 e. The van der Waals surface area contributed by atoms with Crippen LogP contribution in [0.4, 0.5) is 0 Å². The second kappa shape index (κ2) is 8.52. The van der Waals surface area contributed by atoms with E-state index in [0.29, 0.717) is 31.1 Å². The lowest BCUT2D eigenvalue weighted by atomic mass is 10.0. The summed E-state index contributed by atoms with van der Waals surface area (Å²) in [6.45, 7) is 5.07. The normalized spacial score (nSPS) is 21.2. The summed E-state index contributed by atoms with van der Waals surface area (Å²) in [4.78, 5) is 40.2. The van der Waals surface area contributed by atoms with Crippen LogP contribution in [-0.4, -0.2) is 65.8 Å². The lowest BCUT2D eigenvalue weighted by molar-refractivity contribution is -0.121. The van der Waals surface area contributed by atoms with Gasteiger partial charge in [0.15, 0.2) is 0 Å². The number of hydrogen-bond donors (Lipinski definition) is 2. The highest BCUT2D eigenvalue weighted by atomic mass is 16.2. The number of likely N-dealkylation sites (tertiary alicyclic amines) is 2. The van der Waals surface area contributed by atoms with E-state index in [2.05, 4.69) is 10.2 Å². The van der Waals surface area contributed by atoms with Gasteiger partial charge in [-0.1, -0.05) is 19.1 Å². The number of benzene rings is 1. The highest BCUT2D eigenvalue weighted by Crippen LogP contribution is 2.23. The summed E-state index contributed by atoms with van der Waals surface area (Å²) in [6.07, 6.45) is 3.30. The maximum atomic E-state index is 12.8. The number of carbonyl (C=O) groups is 3. The number of amides is 3. The molecule has 7 nitrogen and oxygen atoms in total. The van der Waals surface area contributed by atoms with Gasteiger partial charge >= 0.3 is 0 Å². The quantitative estimate of drug-likeness (QED) is 0.806. The molecule has 2 saturated heterocycles. The number of nitrogens with two attached hydrogens (primary N) is 1. The van der Waals surface area contributed by atoms with Crippen LogP contribution in [-0.2, 0) is 4.79 Å². The molecule has 1 aromatic rings. The molecule has 0 saturated carbocycles. The molecule has 0 bridgehead atoms. The first-order chi connectivity index (χ1) is 13.0. The predicted octanol–water partition coefficient (Wildman–Crippen LogP) is 0.991. The highest BCUT2D eigenvalue weighted by molar-refractivity contribution is 6.06. The molecule has 2 aliphatic heterocycles. The van der Waals surface area contributed by atoms with Crippen LogP contribution in [0.5, 0.6) is 0 Å². The third kappa shape index (κ3) is 4.47. The van der Waals surface area contributed by atoms with Crippen molar-refractivity contribution in [3.05, 3.63) is 35.4 Å². The van der Waals surface area contributed by atoms with Gasteiger partial charge in [-0.25, -0.2) is 0 Å². The van der Waals surface area contributed by atoms with Crippen molar-refractivity contribution in [1.29, 1.82) is 0 Å². The summed E-state index contributed by atoms with van der Waals surface area (Å²) >= 11 is 0. The van der Waals surface area contributed by atoms with Crippen LogP contribution >= 0.6 is 0 Å². The number of carbonyl (C=O) groups excluding carboxylic acids is 3. The van der Waals surface area contributed by atoms with Crippen molar-refractivity contribution in [2.24, 2.45) is 5.73 Å². The molecule has 2 heterocycles. The molecule has 0 spiro atoms. The van der Waals surface area contributed by atoms with Crippen molar-refractivity contribution in [1.82, 2.24) is 15.1 Å². The molecule has 3 N–H and O–H groups in total. The van der Waals surface area contributed by atoms with Crippen molar-refractivity contribution in [2.45, 2.75) is 44.7 Å². The fourth-order valence-electron chi connectivity index (χ4n) is 4.06. The minimum atomic E-state index is -0.578. The second-order valence-electron chi connectivity index (χ2n) is 7.33. The molecule has 1 aromatic carbocycles. The van der Waals surface area contributed by atoms with E-state index in [1.807, 2.05) is 11.8 Å². The minimum Gasteiger partial charge on any atom is -0.366 e. The first kappa shape index (κ1) is 19.4. The molecule has 3 rings (SSSR count). The fourth-order valence-corrected chi connectivity index (χ4v) is 4.06. The van der Waals surface area contributed by atoms with Gasteiger partial charge in [-0.05, 0) is 31.4 Å². The number of rotatable bonds is 5. The van der Waals surface area contributed by atoms with E-state index in [9.17, 15) is 14.4 Å². The molecular weight excluding hydrogens is 344 g/mol. The van der Waals surface area contributed by atoms with Gasteiger partial charge in [0, 0.05) is 44.7 Å². The van der Waals surface area contributed by atoms with Gasteiger partial charge in [-0.2, -0.15) is 0 Å². The Bertz CT molecular complexity index is 713. The van der Waals surface area contributed by atoms with Crippen molar-refractivity contribution >= 4 is 17.7 Å². The van der Waals surface area contributed by atoms with Gasteiger partial charge in [-0.15, -0.1) is 0 Å². The highest BCUT2D eigenvalue weighted by Gasteiger charge is 2.32. The first-order valence-corrected chi connectivity index (χ1v) is 9.71. The van der Waals surface area contributed by atoms with E-state index in [-0.39, 0.29) is 23.4 Å². The SMILES string of the molecule is CCC(=O)N[C@@H]1CCN(C2CCN(C(=O)c3ccccc3C(N)=O)CC2)C1. The average Bonchev–Trinajstić information content (AvgIpc) is 3.15. The monoisotopic (exact) mass is 372 g/mol. The number of primary amides is 1. The Morgan fingerprint density at radius 2 is 1.74 bits per heavy atom. The summed E-state index contributed by atoms with van der Waals surface area (Å²) in [5.74, 6) is -0.598. The van der Waals surface area contributed by atoms with E-state index in [0.717, 1.165) is 32.4 Å². The molecule has 0 aromatic heterocycles. The van der Waals surface area contributed by atoms with Crippen molar-refractivity contribution in [3.8, 4) is 0 Å². The largest absolute Gasteiger partial charge is 0.366 e. The molecular formula is C20H28N4O3. The van der Waals surface area contributed by atoms with Crippen LogP contribution in [0.3, 0.4) is 0 Å². The van der Waals surface area contributed by atoms with Gasteiger partial charge in [0.2, 0.25) is 11.8 Å². The number of hydrogen-bond acceptors (Lipinski definition) is 4. The molecule has 0 unspecified atom stereocenters. The number of piperidine rings is 1. The maximum absolute atomic E-state index is 12.8. The van der Waals surface area contributed by atoms with E-state index in [1.165, 1.54) is 0 Å². The van der Waals surface area contributed by atoms with Crippen LogP contribution < -0.4 is 11.1 Å². The molecule has 7 heteroatoms. The molecule has 0 aliphatic carbocycles. The van der Waals surface area contributed by atoms with Crippen LogP contribution in [0.1, 0.15) is 53.3 Å². The maximum Gasteiger partial charge on any atom is 0.254 e. The Hall–Kier alpha value is -2.41. The van der Waals surface area contributed by atoms with Crippen LogP contribution in [0.2, 0.25) is 0 Å². The molecule has 27 heavy (non-hydrogen) atoms. The summed E-state index contributed by atoms with van der Waals surface area (Å²) in [5, 5.41) is 3.07. The van der Waals surface area contributed by atoms with Crippen molar-refractivity contribution in [3.63, 3.8) is 0 Å². The zero-order valence-corrected chi connectivity index (χ0v) is 15.8. The van der Waals surface area contributed by atoms with Gasteiger partial charge in [0.05, 0.1) is 11.1 Å². The van der Waals surface area contributed by atoms with Crippen LogP contribution in [0.15, 0.2) is 24.3 Å². The first-order valence-electron chi connectivity index (χ1n) is 9.71. The molecule has 0 radical (unpaired) electrons. The van der Waals surface area contributed by atoms with E-state index < -0.39 is 5.91 Å². The Morgan fingerprint density at radius 3 is 2.37 bits per heavy atom. The predicted molar refractivity (Wildman–Crippen MR) is 102 cm³/mol. The Morgan fingerprint density at radius 1 is 1.07 bits per heavy atom. The van der Waals surface area contributed by atoms with E-state index in [4.69, 9.17) is 5.73 Å². The summed E-state index contributed by atoms with van der Waals surface area (Å²) in [7, 11) is 0. The zero-order chi connectivity index (χ0) is 19.4. The molecule has 2 aliphatic rings. The topological polar surface area (TPSA) is 95.7 Å². The molecule has 146 valence electrons. The third-order valence-corrected chi connectivity index (χ3v) is 5.60. The van der Waals surface area contributed by atoms with E-state index in [1.54, 1.807) is 24.3 Å². The van der Waals surface area contributed by atoms with Gasteiger partial charge < -0.3 is 16.0 Å². The Labute approximate surface area is 159 Å². The summed E-state index contributed by atoms with van der Waals surface area (Å²) in [6, 6.07) is 7.39. The van der Waals surface area contributed by atoms with Crippen LogP contribution in [0.25, 0.3) is 0 Å². The fraction of sp³-hybridized carbons (Fsp3) is 0.550. The summed E-state index contributed by atoms with van der Waals surface area (Å²) < 4.78 is 0. The van der Waals surface area contributed by atoms with E-state index >= 15 is 0 Å². The van der Waals surface area contributed by atoms with Gasteiger partial charge in [-0.3, -0.25) is 19.3 Å². The summed E-state index contributed by atoms with van der Waals surface area (Å²) in [5.41, 5.74) is 6.06. The second-order valence-corrected chi connectivity index (χ2v) is 7.33. The lowest BCUT2D eigenvalue weighted by Crippen LogP contribution is -2.47. The molecule has 2 fully saturated rings. The molecule has 3 amide bonds. The van der Waals surface area contributed by atoms with Crippen molar-refractivity contribution < 1.29 is 14.4 Å². The minimum absolute atomic E-state index is 0.107. The van der Waals surface area contributed by atoms with Gasteiger partial charge in [0.25, 0.3) is 5.91 Å². The zero-order valence-electron chi connectivity index (χ0n) is 15.8.